The number of fused-ring (bicyclic) bond motifs is 1. The molecule has 1 aliphatic heterocycles. The molecule has 1 N–H and O–H groups in total. The first-order chi connectivity index (χ1) is 13.9. The number of nitro groups is 1. The number of hydrogen-bond acceptors (Lipinski definition) is 7. The van der Waals surface area contributed by atoms with Gasteiger partial charge in [-0.2, -0.15) is 0 Å². The lowest BCUT2D eigenvalue weighted by molar-refractivity contribution is -0.385. The monoisotopic (exact) mass is 397 g/mol. The van der Waals surface area contributed by atoms with Crippen molar-refractivity contribution in [2.45, 2.75) is 19.8 Å². The summed E-state index contributed by atoms with van der Waals surface area (Å²) in [5.41, 5.74) is 0.379. The van der Waals surface area contributed by atoms with Gasteiger partial charge in [-0.15, -0.1) is 0 Å². The SMILES string of the molecule is CCCCOC(=O)c1ccc(NCN2C(=O)c3cccc([N+](=O)[O-])c3C2=O)cc1. The van der Waals surface area contributed by atoms with Gasteiger partial charge in [-0.25, -0.2) is 4.79 Å². The molecule has 0 bridgehead atoms. The fourth-order valence-electron chi connectivity index (χ4n) is 2.90. The number of nitro benzene ring substituents is 1. The van der Waals surface area contributed by atoms with Gasteiger partial charge in [0.1, 0.15) is 5.56 Å². The van der Waals surface area contributed by atoms with Crippen LogP contribution in [-0.2, 0) is 4.74 Å². The number of nitrogens with one attached hydrogen (secondary N) is 1. The molecule has 9 heteroatoms. The fourth-order valence-corrected chi connectivity index (χ4v) is 2.90. The van der Waals surface area contributed by atoms with E-state index in [2.05, 4.69) is 5.32 Å². The predicted molar refractivity (Wildman–Crippen MR) is 104 cm³/mol. The summed E-state index contributed by atoms with van der Waals surface area (Å²) in [7, 11) is 0. The number of carbonyl (C=O) groups excluding carboxylic acids is 3. The highest BCUT2D eigenvalue weighted by molar-refractivity contribution is 6.23. The molecule has 0 spiro atoms. The van der Waals surface area contributed by atoms with Gasteiger partial charge in [0, 0.05) is 11.8 Å². The van der Waals surface area contributed by atoms with E-state index in [4.69, 9.17) is 4.74 Å². The second-order valence-electron chi connectivity index (χ2n) is 6.40. The Labute approximate surface area is 166 Å². The summed E-state index contributed by atoms with van der Waals surface area (Å²) in [6.45, 7) is 2.20. The Morgan fingerprint density at radius 1 is 1.14 bits per heavy atom. The van der Waals surface area contributed by atoms with Gasteiger partial charge < -0.3 is 10.1 Å². The Kier molecular flexibility index (Phi) is 5.87. The van der Waals surface area contributed by atoms with E-state index in [1.54, 1.807) is 24.3 Å². The minimum absolute atomic E-state index is 0.0103. The maximum atomic E-state index is 12.5. The number of rotatable bonds is 8. The predicted octanol–water partition coefficient (Wildman–Crippen LogP) is 3.22. The molecule has 0 saturated heterocycles. The number of esters is 1. The Hall–Kier alpha value is -3.75. The second kappa shape index (κ2) is 8.51. The highest BCUT2D eigenvalue weighted by Crippen LogP contribution is 2.30. The van der Waals surface area contributed by atoms with Crippen LogP contribution in [0.25, 0.3) is 0 Å². The summed E-state index contributed by atoms with van der Waals surface area (Å²) >= 11 is 0. The molecule has 9 nitrogen and oxygen atoms in total. The van der Waals surface area contributed by atoms with Crippen molar-refractivity contribution in [3.8, 4) is 0 Å². The molecular formula is C20H19N3O6. The highest BCUT2D eigenvalue weighted by Gasteiger charge is 2.40. The minimum atomic E-state index is -0.721. The molecule has 0 fully saturated rings. The van der Waals surface area contributed by atoms with Crippen LogP contribution in [0.1, 0.15) is 50.8 Å². The van der Waals surface area contributed by atoms with Crippen LogP contribution in [0.4, 0.5) is 11.4 Å². The molecule has 150 valence electrons. The lowest BCUT2D eigenvalue weighted by atomic mass is 10.1. The molecule has 29 heavy (non-hydrogen) atoms. The number of imide groups is 1. The summed E-state index contributed by atoms with van der Waals surface area (Å²) in [5.74, 6) is -1.74. The lowest BCUT2D eigenvalue weighted by Crippen LogP contribution is -2.34. The summed E-state index contributed by atoms with van der Waals surface area (Å²) in [6, 6.07) is 10.3. The third kappa shape index (κ3) is 4.08. The van der Waals surface area contributed by atoms with E-state index in [9.17, 15) is 24.5 Å². The van der Waals surface area contributed by atoms with Gasteiger partial charge >= 0.3 is 5.97 Å². The van der Waals surface area contributed by atoms with Crippen LogP contribution in [-0.4, -0.2) is 40.9 Å². The van der Waals surface area contributed by atoms with Gasteiger partial charge in [0.2, 0.25) is 0 Å². The van der Waals surface area contributed by atoms with Crippen molar-refractivity contribution >= 4 is 29.2 Å². The topological polar surface area (TPSA) is 119 Å². The molecule has 0 aliphatic carbocycles. The molecule has 0 radical (unpaired) electrons. The van der Waals surface area contributed by atoms with Crippen LogP contribution < -0.4 is 5.32 Å². The van der Waals surface area contributed by atoms with Gasteiger partial charge in [0.25, 0.3) is 17.5 Å². The summed E-state index contributed by atoms with van der Waals surface area (Å²) in [4.78, 5) is 48.2. The maximum absolute atomic E-state index is 12.5. The number of hydrogen-bond donors (Lipinski definition) is 1. The average Bonchev–Trinajstić information content (AvgIpc) is 2.97. The molecule has 0 saturated carbocycles. The van der Waals surface area contributed by atoms with Gasteiger partial charge in [0.15, 0.2) is 0 Å². The van der Waals surface area contributed by atoms with Crippen LogP contribution in [0, 0.1) is 10.1 Å². The smallest absolute Gasteiger partial charge is 0.338 e. The summed E-state index contributed by atoms with van der Waals surface area (Å²) in [6.07, 6.45) is 1.72. The molecule has 0 unspecified atom stereocenters. The van der Waals surface area contributed by atoms with E-state index in [1.165, 1.54) is 18.2 Å². The standard InChI is InChI=1S/C20H19N3O6/c1-2-3-11-29-20(26)13-7-9-14(10-8-13)21-12-22-18(24)15-5-4-6-16(23(27)28)17(15)19(22)25/h4-10,21H,2-3,11-12H2,1H3. The third-order valence-electron chi connectivity index (χ3n) is 4.47. The number of benzene rings is 2. The van der Waals surface area contributed by atoms with Crippen molar-refractivity contribution in [2.75, 3.05) is 18.6 Å². The van der Waals surface area contributed by atoms with E-state index in [0.717, 1.165) is 17.7 Å². The second-order valence-corrected chi connectivity index (χ2v) is 6.40. The van der Waals surface area contributed by atoms with E-state index in [0.29, 0.717) is 17.9 Å². The van der Waals surface area contributed by atoms with Crippen molar-refractivity contribution in [3.05, 3.63) is 69.3 Å². The van der Waals surface area contributed by atoms with Gasteiger partial charge in [-0.05, 0) is 36.8 Å². The van der Waals surface area contributed by atoms with Crippen LogP contribution in [0.15, 0.2) is 42.5 Å². The Morgan fingerprint density at radius 2 is 1.86 bits per heavy atom. The quantitative estimate of drug-likeness (QED) is 0.239. The zero-order valence-electron chi connectivity index (χ0n) is 15.7. The van der Waals surface area contributed by atoms with Crippen LogP contribution >= 0.6 is 0 Å². The summed E-state index contributed by atoms with van der Waals surface area (Å²) in [5, 5.41) is 14.1. The van der Waals surface area contributed by atoms with Gasteiger partial charge in [-0.1, -0.05) is 19.4 Å². The van der Waals surface area contributed by atoms with Crippen molar-refractivity contribution in [3.63, 3.8) is 0 Å². The first-order valence-electron chi connectivity index (χ1n) is 9.08. The molecule has 3 rings (SSSR count). The molecule has 0 atom stereocenters. The van der Waals surface area contributed by atoms with Crippen molar-refractivity contribution < 1.29 is 24.0 Å². The third-order valence-corrected chi connectivity index (χ3v) is 4.47. The Balaban J connectivity index is 1.65. The minimum Gasteiger partial charge on any atom is -0.462 e. The van der Waals surface area contributed by atoms with E-state index < -0.39 is 28.4 Å². The molecule has 2 aromatic rings. The maximum Gasteiger partial charge on any atom is 0.338 e. The van der Waals surface area contributed by atoms with Gasteiger partial charge in [0.05, 0.1) is 29.3 Å². The normalized spacial score (nSPS) is 12.7. The average molecular weight is 397 g/mol. The van der Waals surface area contributed by atoms with E-state index in [1.807, 2.05) is 6.92 Å². The Bertz CT molecular complexity index is 971. The first-order valence-corrected chi connectivity index (χ1v) is 9.08. The highest BCUT2D eigenvalue weighted by atomic mass is 16.6. The zero-order chi connectivity index (χ0) is 21.0. The number of carbonyl (C=O) groups is 3. The molecule has 2 aromatic carbocycles. The van der Waals surface area contributed by atoms with Gasteiger partial charge in [-0.3, -0.25) is 24.6 Å². The van der Waals surface area contributed by atoms with E-state index in [-0.39, 0.29) is 17.8 Å². The number of nitrogens with zero attached hydrogens (tertiary/aromatic N) is 2. The van der Waals surface area contributed by atoms with Crippen molar-refractivity contribution in [1.82, 2.24) is 4.90 Å². The molecule has 0 aromatic heterocycles. The molecule has 1 aliphatic rings. The van der Waals surface area contributed by atoms with Crippen LogP contribution in [0.2, 0.25) is 0 Å². The van der Waals surface area contributed by atoms with Crippen molar-refractivity contribution in [1.29, 1.82) is 0 Å². The number of unbranched alkanes of at least 4 members (excludes halogenated alkanes) is 1. The van der Waals surface area contributed by atoms with E-state index >= 15 is 0 Å². The number of amides is 2. The molecule has 2 amide bonds. The number of anilines is 1. The van der Waals surface area contributed by atoms with Crippen LogP contribution in [0.3, 0.4) is 0 Å². The zero-order valence-corrected chi connectivity index (χ0v) is 15.7. The molecular weight excluding hydrogens is 378 g/mol. The van der Waals surface area contributed by atoms with Crippen LogP contribution in [0.5, 0.6) is 0 Å². The largest absolute Gasteiger partial charge is 0.462 e. The fraction of sp³-hybridized carbons (Fsp3) is 0.250. The summed E-state index contributed by atoms with van der Waals surface area (Å²) < 4.78 is 5.13. The Morgan fingerprint density at radius 3 is 2.52 bits per heavy atom. The number of ether oxygens (including phenoxy) is 1. The molecule has 1 heterocycles. The van der Waals surface area contributed by atoms with Crippen molar-refractivity contribution in [2.24, 2.45) is 0 Å². The first kappa shape index (κ1) is 20.0. The lowest BCUT2D eigenvalue weighted by Gasteiger charge is -2.15.